The Morgan fingerprint density at radius 2 is 2.30 bits per heavy atom. The number of anilines is 1. The van der Waals surface area contributed by atoms with E-state index in [-0.39, 0.29) is 9.92 Å². The highest BCUT2D eigenvalue weighted by Crippen LogP contribution is 2.27. The van der Waals surface area contributed by atoms with Crippen molar-refractivity contribution in [1.82, 2.24) is 4.98 Å². The molecule has 1 N–H and O–H groups in total. The minimum absolute atomic E-state index is 0.0560. The third-order valence-corrected chi connectivity index (χ3v) is 6.91. The molecule has 0 radical (unpaired) electrons. The lowest BCUT2D eigenvalue weighted by molar-refractivity contribution is 0.185. The molecule has 0 aliphatic carbocycles. The molecule has 0 bridgehead atoms. The maximum absolute atomic E-state index is 12.4. The fraction of sp³-hybridized carbons (Fsp3) is 0.357. The van der Waals surface area contributed by atoms with E-state index in [9.17, 15) is 8.42 Å². The standard InChI is InChI=1S/C14H14ClIN2O3S2/c15-12-6-10(16)1-2-13(12)23(19,20)18-14-17-11(8-22-14)5-9-3-4-21-7-9/h1-2,6,8-9H,3-5,7H2,(H,17,18). The zero-order chi connectivity index (χ0) is 16.4. The van der Waals surface area contributed by atoms with Crippen molar-refractivity contribution in [3.05, 3.63) is 37.9 Å². The second-order valence-corrected chi connectivity index (χ2v) is 9.42. The Hall–Kier alpha value is -0.420. The van der Waals surface area contributed by atoms with Gasteiger partial charge in [0.05, 0.1) is 10.7 Å². The molecule has 1 saturated heterocycles. The lowest BCUT2D eigenvalue weighted by atomic mass is 10.0. The Bertz CT molecular complexity index is 804. The summed E-state index contributed by atoms with van der Waals surface area (Å²) < 4.78 is 33.6. The van der Waals surface area contributed by atoms with Crippen molar-refractivity contribution < 1.29 is 13.2 Å². The molecule has 9 heteroatoms. The molecule has 0 saturated carbocycles. The summed E-state index contributed by atoms with van der Waals surface area (Å²) >= 11 is 9.40. The van der Waals surface area contributed by atoms with Gasteiger partial charge in [0.2, 0.25) is 0 Å². The number of ether oxygens (including phenoxy) is 1. The van der Waals surface area contributed by atoms with E-state index in [4.69, 9.17) is 16.3 Å². The molecule has 1 atom stereocenters. The first-order valence-corrected chi connectivity index (χ1v) is 10.8. The maximum Gasteiger partial charge on any atom is 0.265 e. The van der Waals surface area contributed by atoms with Gasteiger partial charge in [-0.2, -0.15) is 0 Å². The van der Waals surface area contributed by atoms with Gasteiger partial charge in [0.15, 0.2) is 5.13 Å². The molecular weight excluding hydrogens is 471 g/mol. The number of rotatable bonds is 5. The molecule has 1 aromatic carbocycles. The summed E-state index contributed by atoms with van der Waals surface area (Å²) in [4.78, 5) is 4.42. The predicted octanol–water partition coefficient (Wildman–Crippen LogP) is 3.78. The lowest BCUT2D eigenvalue weighted by Crippen LogP contribution is -2.13. The van der Waals surface area contributed by atoms with Crippen LogP contribution in [0.4, 0.5) is 5.13 Å². The molecule has 1 unspecified atom stereocenters. The van der Waals surface area contributed by atoms with E-state index < -0.39 is 10.0 Å². The summed E-state index contributed by atoms with van der Waals surface area (Å²) in [5, 5.41) is 2.43. The van der Waals surface area contributed by atoms with Crippen molar-refractivity contribution in [2.75, 3.05) is 17.9 Å². The van der Waals surface area contributed by atoms with Crippen LogP contribution in [0.1, 0.15) is 12.1 Å². The summed E-state index contributed by atoms with van der Waals surface area (Å²) in [6.45, 7) is 1.54. The summed E-state index contributed by atoms with van der Waals surface area (Å²) in [7, 11) is -3.74. The van der Waals surface area contributed by atoms with Crippen molar-refractivity contribution >= 4 is 60.7 Å². The van der Waals surface area contributed by atoms with Crippen LogP contribution in [-0.4, -0.2) is 26.6 Å². The van der Waals surface area contributed by atoms with Gasteiger partial charge in [0.25, 0.3) is 10.0 Å². The van der Waals surface area contributed by atoms with Crippen LogP contribution in [0.2, 0.25) is 5.02 Å². The number of halogens is 2. The Balaban J connectivity index is 1.74. The van der Waals surface area contributed by atoms with Gasteiger partial charge < -0.3 is 4.74 Å². The van der Waals surface area contributed by atoms with Crippen molar-refractivity contribution in [1.29, 1.82) is 0 Å². The monoisotopic (exact) mass is 484 g/mol. The smallest absolute Gasteiger partial charge is 0.265 e. The van der Waals surface area contributed by atoms with Crippen LogP contribution in [0.3, 0.4) is 0 Å². The van der Waals surface area contributed by atoms with Gasteiger partial charge >= 0.3 is 0 Å². The molecule has 124 valence electrons. The Kier molecular flexibility index (Phi) is 5.46. The van der Waals surface area contributed by atoms with Crippen LogP contribution in [0.15, 0.2) is 28.5 Å². The molecular formula is C14H14ClIN2O3S2. The number of benzene rings is 1. The van der Waals surface area contributed by atoms with E-state index in [1.807, 2.05) is 5.38 Å². The van der Waals surface area contributed by atoms with Crippen molar-refractivity contribution in [2.24, 2.45) is 5.92 Å². The second kappa shape index (κ2) is 7.22. The highest BCUT2D eigenvalue weighted by molar-refractivity contribution is 14.1. The third-order valence-electron chi connectivity index (χ3n) is 3.48. The minimum Gasteiger partial charge on any atom is -0.381 e. The molecule has 1 fully saturated rings. The van der Waals surface area contributed by atoms with Crippen LogP contribution < -0.4 is 4.72 Å². The van der Waals surface area contributed by atoms with Gasteiger partial charge in [0, 0.05) is 22.2 Å². The van der Waals surface area contributed by atoms with Crippen molar-refractivity contribution in [3.63, 3.8) is 0 Å². The first kappa shape index (κ1) is 17.4. The highest BCUT2D eigenvalue weighted by Gasteiger charge is 2.21. The number of sulfonamides is 1. The molecule has 1 aliphatic heterocycles. The summed E-state index contributed by atoms with van der Waals surface area (Å²) in [6, 6.07) is 4.81. The number of aromatic nitrogens is 1. The van der Waals surface area contributed by atoms with Gasteiger partial charge in [-0.15, -0.1) is 11.3 Å². The number of nitrogens with zero attached hydrogens (tertiary/aromatic N) is 1. The fourth-order valence-electron chi connectivity index (χ4n) is 2.35. The Morgan fingerprint density at radius 1 is 1.48 bits per heavy atom. The molecule has 3 rings (SSSR count). The predicted molar refractivity (Wildman–Crippen MR) is 99.7 cm³/mol. The van der Waals surface area contributed by atoms with Gasteiger partial charge in [-0.1, -0.05) is 11.6 Å². The SMILES string of the molecule is O=S(=O)(Nc1nc(CC2CCOC2)cs1)c1ccc(I)cc1Cl. The highest BCUT2D eigenvalue weighted by atomic mass is 127. The zero-order valence-electron chi connectivity index (χ0n) is 12.0. The molecule has 0 spiro atoms. The van der Waals surface area contributed by atoms with Crippen molar-refractivity contribution in [2.45, 2.75) is 17.7 Å². The van der Waals surface area contributed by atoms with Crippen molar-refractivity contribution in [3.8, 4) is 0 Å². The first-order valence-electron chi connectivity index (χ1n) is 6.94. The summed E-state index contributed by atoms with van der Waals surface area (Å²) in [6.07, 6.45) is 1.83. The van der Waals surface area contributed by atoms with E-state index in [1.165, 1.54) is 17.4 Å². The van der Waals surface area contributed by atoms with Crippen LogP contribution in [0, 0.1) is 9.49 Å². The van der Waals surface area contributed by atoms with Crippen LogP contribution >= 0.6 is 45.5 Å². The fourth-order valence-corrected chi connectivity index (χ4v) is 5.55. The Morgan fingerprint density at radius 3 is 3.00 bits per heavy atom. The quantitative estimate of drug-likeness (QED) is 0.656. The second-order valence-electron chi connectivity index (χ2n) is 5.26. The zero-order valence-corrected chi connectivity index (χ0v) is 16.5. The van der Waals surface area contributed by atoms with E-state index in [2.05, 4.69) is 32.3 Å². The van der Waals surface area contributed by atoms with E-state index in [1.54, 1.807) is 12.1 Å². The van der Waals surface area contributed by atoms with Crippen LogP contribution in [0.5, 0.6) is 0 Å². The third kappa shape index (κ3) is 4.36. The molecule has 1 aromatic heterocycles. The first-order chi connectivity index (χ1) is 10.9. The average molecular weight is 485 g/mol. The number of nitrogens with one attached hydrogen (secondary N) is 1. The van der Waals surface area contributed by atoms with E-state index in [0.29, 0.717) is 11.0 Å². The molecule has 1 aliphatic rings. The number of thiazole rings is 1. The molecule has 5 nitrogen and oxygen atoms in total. The molecule has 2 aromatic rings. The maximum atomic E-state index is 12.4. The van der Waals surface area contributed by atoms with E-state index >= 15 is 0 Å². The Labute approximate surface area is 157 Å². The topological polar surface area (TPSA) is 68.3 Å². The number of hydrogen-bond acceptors (Lipinski definition) is 5. The molecule has 2 heterocycles. The summed E-state index contributed by atoms with van der Waals surface area (Å²) in [5.41, 5.74) is 0.886. The largest absolute Gasteiger partial charge is 0.381 e. The normalized spacial score (nSPS) is 18.3. The average Bonchev–Trinajstić information content (AvgIpc) is 3.10. The molecule has 23 heavy (non-hydrogen) atoms. The van der Waals surface area contributed by atoms with Gasteiger partial charge in [-0.05, 0) is 59.5 Å². The van der Waals surface area contributed by atoms with E-state index in [0.717, 1.165) is 35.3 Å². The summed E-state index contributed by atoms with van der Waals surface area (Å²) in [5.74, 6) is 0.465. The van der Waals surface area contributed by atoms with Crippen LogP contribution in [0.25, 0.3) is 0 Å². The lowest BCUT2D eigenvalue weighted by Gasteiger charge is -2.07. The molecule has 0 amide bonds. The van der Waals surface area contributed by atoms with Gasteiger partial charge in [0.1, 0.15) is 4.90 Å². The van der Waals surface area contributed by atoms with Gasteiger partial charge in [-0.3, -0.25) is 4.72 Å². The van der Waals surface area contributed by atoms with Gasteiger partial charge in [-0.25, -0.2) is 13.4 Å². The van der Waals surface area contributed by atoms with Crippen LogP contribution in [-0.2, 0) is 21.2 Å². The number of hydrogen-bond donors (Lipinski definition) is 1. The minimum atomic E-state index is -3.74.